The van der Waals surface area contributed by atoms with Gasteiger partial charge in [-0.1, -0.05) is 40.3 Å². The van der Waals surface area contributed by atoms with Crippen LogP contribution in [0.15, 0.2) is 51.4 Å². The van der Waals surface area contributed by atoms with Gasteiger partial charge in [-0.3, -0.25) is 0 Å². The number of hydrogen-bond donors (Lipinski definition) is 0. The molecule has 1 aromatic rings. The van der Waals surface area contributed by atoms with Crippen molar-refractivity contribution in [3.05, 3.63) is 62.8 Å². The largest absolute Gasteiger partial charge is 0.465 e. The van der Waals surface area contributed by atoms with Gasteiger partial charge < -0.3 is 4.74 Å². The van der Waals surface area contributed by atoms with Crippen LogP contribution in [-0.2, 0) is 9.53 Å². The van der Waals surface area contributed by atoms with Crippen molar-refractivity contribution in [2.45, 2.75) is 13.8 Å². The third kappa shape index (κ3) is 4.49. The van der Waals surface area contributed by atoms with E-state index in [1.165, 1.54) is 41.5 Å². The summed E-state index contributed by atoms with van der Waals surface area (Å²) in [6, 6.07) is 5.44. The van der Waals surface area contributed by atoms with Crippen LogP contribution in [0.2, 0.25) is 0 Å². The fourth-order valence-corrected chi connectivity index (χ4v) is 2.15. The smallest absolute Gasteiger partial charge is 0.340 e. The minimum atomic E-state index is -0.763. The molecule has 0 atom stereocenters. The first-order valence-electron chi connectivity index (χ1n) is 6.11. The second-order valence-electron chi connectivity index (χ2n) is 4.39. The number of hydrogen-bond acceptors (Lipinski definition) is 2. The molecule has 0 spiro atoms. The summed E-state index contributed by atoms with van der Waals surface area (Å²) >= 11 is 1.89. The number of methoxy groups -OCH3 is 1. The molecule has 0 aromatic heterocycles. The van der Waals surface area contributed by atoms with Gasteiger partial charge in [0.25, 0.3) is 0 Å². The lowest BCUT2D eigenvalue weighted by Crippen LogP contribution is -2.06. The van der Waals surface area contributed by atoms with E-state index in [4.69, 9.17) is 0 Å². The first-order valence-corrected chi connectivity index (χ1v) is 7.35. The molecule has 1 rings (SSSR count). The molecule has 0 radical (unpaired) electrons. The van der Waals surface area contributed by atoms with Gasteiger partial charge in [0.1, 0.15) is 11.6 Å². The van der Waals surface area contributed by atoms with Crippen molar-refractivity contribution in [3.63, 3.8) is 0 Å². The SMILES string of the molecule is COC(=O)C(/C=C\I)=C(\F)C(=C(C)C)c1ccc(F)cc1. The highest BCUT2D eigenvalue weighted by Gasteiger charge is 2.19. The zero-order valence-corrected chi connectivity index (χ0v) is 14.1. The highest BCUT2D eigenvalue weighted by molar-refractivity contribution is 14.1. The molecule has 0 aliphatic rings. The monoisotopic (exact) mass is 404 g/mol. The number of carbonyl (C=O) groups is 1. The highest BCUT2D eigenvalue weighted by Crippen LogP contribution is 2.31. The summed E-state index contributed by atoms with van der Waals surface area (Å²) in [6.45, 7) is 3.45. The zero-order valence-electron chi connectivity index (χ0n) is 11.9. The van der Waals surface area contributed by atoms with E-state index >= 15 is 0 Å². The molecule has 2 nitrogen and oxygen atoms in total. The number of allylic oxidation sites excluding steroid dienone is 3. The Labute approximate surface area is 136 Å². The van der Waals surface area contributed by atoms with Crippen LogP contribution in [-0.4, -0.2) is 13.1 Å². The van der Waals surface area contributed by atoms with Crippen molar-refractivity contribution < 1.29 is 18.3 Å². The Morgan fingerprint density at radius 1 is 1.24 bits per heavy atom. The lowest BCUT2D eigenvalue weighted by atomic mass is 9.97. The maximum atomic E-state index is 14.8. The zero-order chi connectivity index (χ0) is 16.0. The van der Waals surface area contributed by atoms with Crippen molar-refractivity contribution in [1.29, 1.82) is 0 Å². The Hall–Kier alpha value is -1.50. The molecule has 0 amide bonds. The summed E-state index contributed by atoms with van der Waals surface area (Å²) in [5.74, 6) is -1.86. The highest BCUT2D eigenvalue weighted by atomic mass is 127. The fraction of sp³-hybridized carbons (Fsp3) is 0.188. The molecule has 0 saturated heterocycles. The standard InChI is InChI=1S/C16H15F2IO2/c1-10(2)14(11-4-6-12(17)7-5-11)15(18)13(8-9-19)16(20)21-3/h4-9H,1-3H3/b9-8-,15-13-. The van der Waals surface area contributed by atoms with E-state index in [1.807, 2.05) is 22.6 Å². The van der Waals surface area contributed by atoms with E-state index in [9.17, 15) is 13.6 Å². The van der Waals surface area contributed by atoms with E-state index < -0.39 is 17.6 Å². The van der Waals surface area contributed by atoms with Crippen LogP contribution in [0.3, 0.4) is 0 Å². The van der Waals surface area contributed by atoms with Crippen LogP contribution >= 0.6 is 22.6 Å². The molecule has 0 saturated carbocycles. The van der Waals surface area contributed by atoms with Crippen molar-refractivity contribution in [3.8, 4) is 0 Å². The van der Waals surface area contributed by atoms with Crippen molar-refractivity contribution in [2.24, 2.45) is 0 Å². The molecule has 0 N–H and O–H groups in total. The Bertz CT molecular complexity index is 610. The molecule has 1 aromatic carbocycles. The maximum Gasteiger partial charge on any atom is 0.340 e. The fourth-order valence-electron chi connectivity index (χ4n) is 1.79. The molecule has 0 fully saturated rings. The number of benzene rings is 1. The first kappa shape index (κ1) is 17.6. The van der Waals surface area contributed by atoms with Gasteiger partial charge in [0.2, 0.25) is 0 Å². The van der Waals surface area contributed by atoms with E-state index in [-0.39, 0.29) is 11.1 Å². The maximum absolute atomic E-state index is 14.8. The van der Waals surface area contributed by atoms with Gasteiger partial charge in [0.05, 0.1) is 12.7 Å². The molecule has 0 unspecified atom stereocenters. The van der Waals surface area contributed by atoms with Crippen LogP contribution < -0.4 is 0 Å². The average Bonchev–Trinajstić information content (AvgIpc) is 2.45. The van der Waals surface area contributed by atoms with Crippen LogP contribution in [0.4, 0.5) is 8.78 Å². The lowest BCUT2D eigenvalue weighted by molar-refractivity contribution is -0.135. The third-order valence-corrected chi connectivity index (χ3v) is 3.08. The summed E-state index contributed by atoms with van der Waals surface area (Å²) in [7, 11) is 1.19. The Balaban J connectivity index is 3.50. The van der Waals surface area contributed by atoms with Gasteiger partial charge in [0, 0.05) is 5.57 Å². The van der Waals surface area contributed by atoms with Crippen LogP contribution in [0, 0.1) is 5.82 Å². The summed E-state index contributed by atoms with van der Waals surface area (Å²) in [5.41, 5.74) is 1.25. The second-order valence-corrected chi connectivity index (χ2v) is 5.11. The Morgan fingerprint density at radius 2 is 1.81 bits per heavy atom. The van der Waals surface area contributed by atoms with E-state index in [0.717, 1.165) is 0 Å². The van der Waals surface area contributed by atoms with Gasteiger partial charge in [-0.15, -0.1) is 0 Å². The molecular formula is C16H15F2IO2. The number of ether oxygens (including phenoxy) is 1. The second kappa shape index (κ2) is 8.07. The summed E-state index contributed by atoms with van der Waals surface area (Å²) in [6.07, 6.45) is 1.34. The average molecular weight is 404 g/mol. The Morgan fingerprint density at radius 3 is 2.24 bits per heavy atom. The molecule has 0 aliphatic heterocycles. The molecular weight excluding hydrogens is 389 g/mol. The molecule has 112 valence electrons. The minimum Gasteiger partial charge on any atom is -0.465 e. The molecule has 21 heavy (non-hydrogen) atoms. The number of rotatable bonds is 4. The van der Waals surface area contributed by atoms with Gasteiger partial charge in [-0.2, -0.15) is 0 Å². The predicted molar refractivity (Wildman–Crippen MR) is 88.0 cm³/mol. The Kier molecular flexibility index (Phi) is 6.74. The first-order chi connectivity index (χ1) is 9.92. The number of esters is 1. The topological polar surface area (TPSA) is 26.3 Å². The summed E-state index contributed by atoms with van der Waals surface area (Å²) in [5, 5.41) is 0. The van der Waals surface area contributed by atoms with Gasteiger partial charge in [-0.25, -0.2) is 13.6 Å². The molecule has 5 heteroatoms. The summed E-state index contributed by atoms with van der Waals surface area (Å²) < 4.78 is 33.9. The normalized spacial score (nSPS) is 12.1. The molecule has 0 aliphatic carbocycles. The minimum absolute atomic E-state index is 0.174. The van der Waals surface area contributed by atoms with Crippen molar-refractivity contribution in [1.82, 2.24) is 0 Å². The predicted octanol–water partition coefficient (Wildman–Crippen LogP) is 4.96. The van der Waals surface area contributed by atoms with Gasteiger partial charge >= 0.3 is 5.97 Å². The van der Waals surface area contributed by atoms with Crippen LogP contribution in [0.1, 0.15) is 19.4 Å². The third-order valence-electron chi connectivity index (χ3n) is 2.72. The van der Waals surface area contributed by atoms with Crippen molar-refractivity contribution in [2.75, 3.05) is 7.11 Å². The van der Waals surface area contributed by atoms with Crippen molar-refractivity contribution >= 4 is 34.1 Å². The van der Waals surface area contributed by atoms with E-state index in [0.29, 0.717) is 11.1 Å². The molecule has 0 bridgehead atoms. The summed E-state index contributed by atoms with van der Waals surface area (Å²) in [4.78, 5) is 11.7. The number of carbonyl (C=O) groups excluding carboxylic acids is 1. The van der Waals surface area contributed by atoms with Gasteiger partial charge in [0.15, 0.2) is 0 Å². The van der Waals surface area contributed by atoms with Gasteiger partial charge in [-0.05, 0) is 41.7 Å². The lowest BCUT2D eigenvalue weighted by Gasteiger charge is -2.11. The number of halogens is 3. The van der Waals surface area contributed by atoms with Crippen LogP contribution in [0.5, 0.6) is 0 Å². The quantitative estimate of drug-likeness (QED) is 0.307. The van der Waals surface area contributed by atoms with E-state index in [1.54, 1.807) is 13.8 Å². The van der Waals surface area contributed by atoms with Crippen LogP contribution in [0.25, 0.3) is 5.57 Å². The molecule has 0 heterocycles. The van der Waals surface area contributed by atoms with E-state index in [2.05, 4.69) is 4.74 Å².